The second-order valence-electron chi connectivity index (χ2n) is 8.50. The van der Waals surface area contributed by atoms with Crippen molar-refractivity contribution in [3.63, 3.8) is 0 Å². The van der Waals surface area contributed by atoms with Crippen LogP contribution in [-0.4, -0.2) is 49.6 Å². The number of piperidine rings is 1. The van der Waals surface area contributed by atoms with Crippen molar-refractivity contribution in [2.75, 3.05) is 32.7 Å². The van der Waals surface area contributed by atoms with Crippen LogP contribution in [0.4, 0.5) is 4.79 Å². The lowest BCUT2D eigenvalue weighted by molar-refractivity contribution is -0.122. The number of fused-ring (bicyclic) bond motifs is 1. The number of carbonyl (C=O) groups is 2. The molecule has 2 unspecified atom stereocenters. The van der Waals surface area contributed by atoms with Gasteiger partial charge in [-0.15, -0.1) is 0 Å². The molecule has 0 spiro atoms. The van der Waals surface area contributed by atoms with Gasteiger partial charge in [-0.1, -0.05) is 38.1 Å². The van der Waals surface area contributed by atoms with E-state index in [1.54, 1.807) is 0 Å². The zero-order valence-corrected chi connectivity index (χ0v) is 17.2. The number of amides is 3. The molecule has 0 aromatic heterocycles. The average molecular weight is 387 g/mol. The standard InChI is InChI=1S/C22H34N4O2/c1-16(2)13-25-22(28)26-11-5-6-17(15-26)12-21(27)24-14-20-19-8-4-3-7-18(19)9-10-23-20/h3-4,7-8,16-17,20,23H,5-6,9-15H2,1-2H3,(H,24,27)(H,25,28). The first kappa shape index (κ1) is 20.6. The predicted octanol–water partition coefficient (Wildman–Crippen LogP) is 2.46. The number of hydrogen-bond donors (Lipinski definition) is 3. The Labute approximate surface area is 168 Å². The second-order valence-corrected chi connectivity index (χ2v) is 8.50. The average Bonchev–Trinajstić information content (AvgIpc) is 2.70. The molecule has 28 heavy (non-hydrogen) atoms. The first-order chi connectivity index (χ1) is 13.5. The molecule has 0 aliphatic carbocycles. The minimum atomic E-state index is 0.00169. The van der Waals surface area contributed by atoms with Gasteiger partial charge in [-0.2, -0.15) is 0 Å². The maximum Gasteiger partial charge on any atom is 0.317 e. The molecule has 1 aromatic rings. The SMILES string of the molecule is CC(C)CNC(=O)N1CCCC(CC(=O)NCC2NCCc3ccccc32)C1. The van der Waals surface area contributed by atoms with Crippen molar-refractivity contribution in [3.05, 3.63) is 35.4 Å². The monoisotopic (exact) mass is 386 g/mol. The van der Waals surface area contributed by atoms with Gasteiger partial charge in [0.05, 0.1) is 0 Å². The summed E-state index contributed by atoms with van der Waals surface area (Å²) in [6.07, 6.45) is 3.50. The number of likely N-dealkylation sites (tertiary alicyclic amines) is 1. The Kier molecular flexibility index (Phi) is 7.31. The summed E-state index contributed by atoms with van der Waals surface area (Å²) in [4.78, 5) is 26.7. The lowest BCUT2D eigenvalue weighted by Gasteiger charge is -2.33. The molecule has 6 heteroatoms. The summed E-state index contributed by atoms with van der Waals surface area (Å²) in [5.41, 5.74) is 2.66. The summed E-state index contributed by atoms with van der Waals surface area (Å²) in [6, 6.07) is 8.63. The number of nitrogens with one attached hydrogen (secondary N) is 3. The molecule has 2 heterocycles. The molecule has 6 nitrogen and oxygen atoms in total. The van der Waals surface area contributed by atoms with Gasteiger partial charge < -0.3 is 20.9 Å². The van der Waals surface area contributed by atoms with Gasteiger partial charge in [0.1, 0.15) is 0 Å². The Bertz CT molecular complexity index is 676. The van der Waals surface area contributed by atoms with E-state index in [4.69, 9.17) is 0 Å². The van der Waals surface area contributed by atoms with E-state index in [1.807, 2.05) is 4.90 Å². The van der Waals surface area contributed by atoms with Gasteiger partial charge in [0.25, 0.3) is 0 Å². The number of carbonyl (C=O) groups excluding carboxylic acids is 2. The summed E-state index contributed by atoms with van der Waals surface area (Å²) in [7, 11) is 0. The molecule has 1 aromatic carbocycles. The van der Waals surface area contributed by atoms with Crippen LogP contribution in [-0.2, 0) is 11.2 Å². The van der Waals surface area contributed by atoms with E-state index >= 15 is 0 Å². The number of nitrogens with zero attached hydrogens (tertiary/aromatic N) is 1. The molecule has 0 radical (unpaired) electrons. The van der Waals surface area contributed by atoms with Gasteiger partial charge >= 0.3 is 6.03 Å². The zero-order chi connectivity index (χ0) is 19.9. The second kappa shape index (κ2) is 9.92. The van der Waals surface area contributed by atoms with E-state index < -0.39 is 0 Å². The van der Waals surface area contributed by atoms with Crippen LogP contribution in [0.1, 0.15) is 50.3 Å². The van der Waals surface area contributed by atoms with Gasteiger partial charge in [-0.25, -0.2) is 4.79 Å². The van der Waals surface area contributed by atoms with E-state index in [-0.39, 0.29) is 23.9 Å². The van der Waals surface area contributed by atoms with Crippen LogP contribution >= 0.6 is 0 Å². The Balaban J connectivity index is 1.44. The molecule has 3 rings (SSSR count). The third kappa shape index (κ3) is 5.71. The van der Waals surface area contributed by atoms with Crippen molar-refractivity contribution >= 4 is 11.9 Å². The highest BCUT2D eigenvalue weighted by Gasteiger charge is 2.26. The maximum atomic E-state index is 12.5. The van der Waals surface area contributed by atoms with E-state index in [0.29, 0.717) is 32.0 Å². The van der Waals surface area contributed by atoms with Gasteiger partial charge in [-0.3, -0.25) is 4.79 Å². The van der Waals surface area contributed by atoms with Crippen LogP contribution in [0, 0.1) is 11.8 Å². The molecule has 2 aliphatic rings. The summed E-state index contributed by atoms with van der Waals surface area (Å²) in [5, 5.41) is 9.59. The van der Waals surface area contributed by atoms with Gasteiger partial charge in [0.15, 0.2) is 0 Å². The van der Waals surface area contributed by atoms with E-state index in [9.17, 15) is 9.59 Å². The lowest BCUT2D eigenvalue weighted by Crippen LogP contribution is -2.47. The van der Waals surface area contributed by atoms with Crippen LogP contribution in [0.5, 0.6) is 0 Å². The van der Waals surface area contributed by atoms with Crippen LogP contribution in [0.3, 0.4) is 0 Å². The highest BCUT2D eigenvalue weighted by atomic mass is 16.2. The molecule has 2 atom stereocenters. The first-order valence-electron chi connectivity index (χ1n) is 10.6. The van der Waals surface area contributed by atoms with E-state index in [2.05, 4.69) is 54.1 Å². The Morgan fingerprint density at radius 3 is 2.89 bits per heavy atom. The molecule has 2 aliphatic heterocycles. The minimum Gasteiger partial charge on any atom is -0.354 e. The first-order valence-corrected chi connectivity index (χ1v) is 10.6. The third-order valence-electron chi connectivity index (χ3n) is 5.66. The highest BCUT2D eigenvalue weighted by Crippen LogP contribution is 2.23. The van der Waals surface area contributed by atoms with Crippen molar-refractivity contribution in [2.45, 2.75) is 45.6 Å². The fraction of sp³-hybridized carbons (Fsp3) is 0.636. The molecular weight excluding hydrogens is 352 g/mol. The largest absolute Gasteiger partial charge is 0.354 e. The molecule has 154 valence electrons. The molecule has 3 amide bonds. The van der Waals surface area contributed by atoms with Gasteiger partial charge in [0.2, 0.25) is 5.91 Å². The molecular formula is C22H34N4O2. The number of rotatable bonds is 6. The Morgan fingerprint density at radius 1 is 1.25 bits per heavy atom. The van der Waals surface area contributed by atoms with Crippen molar-refractivity contribution in [3.8, 4) is 0 Å². The predicted molar refractivity (Wildman–Crippen MR) is 111 cm³/mol. The maximum absolute atomic E-state index is 12.5. The Hall–Kier alpha value is -2.08. The van der Waals surface area contributed by atoms with Crippen molar-refractivity contribution in [2.24, 2.45) is 11.8 Å². The lowest BCUT2D eigenvalue weighted by atomic mass is 9.93. The molecule has 0 saturated carbocycles. The van der Waals surface area contributed by atoms with E-state index in [0.717, 1.165) is 32.4 Å². The summed E-state index contributed by atoms with van der Waals surface area (Å²) in [6.45, 7) is 7.87. The van der Waals surface area contributed by atoms with Crippen LogP contribution in [0.15, 0.2) is 24.3 Å². The number of benzene rings is 1. The quantitative estimate of drug-likeness (QED) is 0.703. The van der Waals surface area contributed by atoms with Crippen molar-refractivity contribution in [1.29, 1.82) is 0 Å². The molecule has 1 fully saturated rings. The fourth-order valence-electron chi connectivity index (χ4n) is 4.14. The summed E-state index contributed by atoms with van der Waals surface area (Å²) < 4.78 is 0. The van der Waals surface area contributed by atoms with Gasteiger partial charge in [0, 0.05) is 38.6 Å². The summed E-state index contributed by atoms with van der Waals surface area (Å²) >= 11 is 0. The van der Waals surface area contributed by atoms with E-state index in [1.165, 1.54) is 11.1 Å². The normalized spacial score (nSPS) is 21.9. The van der Waals surface area contributed by atoms with Crippen molar-refractivity contribution in [1.82, 2.24) is 20.9 Å². The third-order valence-corrected chi connectivity index (χ3v) is 5.66. The van der Waals surface area contributed by atoms with Crippen LogP contribution < -0.4 is 16.0 Å². The number of urea groups is 1. The molecule has 3 N–H and O–H groups in total. The topological polar surface area (TPSA) is 73.5 Å². The minimum absolute atomic E-state index is 0.00169. The summed E-state index contributed by atoms with van der Waals surface area (Å²) in [5.74, 6) is 0.762. The highest BCUT2D eigenvalue weighted by molar-refractivity contribution is 5.77. The Morgan fingerprint density at radius 2 is 2.07 bits per heavy atom. The van der Waals surface area contributed by atoms with Gasteiger partial charge in [-0.05, 0) is 48.8 Å². The van der Waals surface area contributed by atoms with Crippen LogP contribution in [0.25, 0.3) is 0 Å². The molecule has 0 bridgehead atoms. The number of hydrogen-bond acceptors (Lipinski definition) is 3. The molecule has 1 saturated heterocycles. The smallest absolute Gasteiger partial charge is 0.317 e. The fourth-order valence-corrected chi connectivity index (χ4v) is 4.14. The van der Waals surface area contributed by atoms with Crippen molar-refractivity contribution < 1.29 is 9.59 Å². The van der Waals surface area contributed by atoms with Crippen LogP contribution in [0.2, 0.25) is 0 Å². The zero-order valence-electron chi connectivity index (χ0n) is 17.2.